The van der Waals surface area contributed by atoms with E-state index < -0.39 is 5.97 Å². The molecule has 0 amide bonds. The summed E-state index contributed by atoms with van der Waals surface area (Å²) in [7, 11) is 0. The molecule has 3 N–H and O–H groups in total. The Morgan fingerprint density at radius 1 is 1.09 bits per heavy atom. The average molecular weight is 507 g/mol. The van der Waals surface area contributed by atoms with Gasteiger partial charge in [0.1, 0.15) is 5.82 Å². The van der Waals surface area contributed by atoms with Crippen molar-refractivity contribution in [3.8, 4) is 22.4 Å². The van der Waals surface area contributed by atoms with E-state index in [1.807, 2.05) is 48.7 Å². The quantitative estimate of drug-likeness (QED) is 0.419. The van der Waals surface area contributed by atoms with Gasteiger partial charge >= 0.3 is 5.97 Å². The number of piperidine rings is 1. The summed E-state index contributed by atoms with van der Waals surface area (Å²) in [6.07, 6.45) is 4.87. The highest BCUT2D eigenvalue weighted by molar-refractivity contribution is 9.10. The van der Waals surface area contributed by atoms with Crippen molar-refractivity contribution in [1.29, 1.82) is 0 Å². The van der Waals surface area contributed by atoms with E-state index in [2.05, 4.69) is 30.9 Å². The first-order valence-electron chi connectivity index (χ1n) is 10.8. The lowest BCUT2D eigenvalue weighted by molar-refractivity contribution is -0.143. The number of carboxylic acid groups (broad SMARTS) is 1. The molecule has 3 aromatic heterocycles. The SMILES string of the molecule is Nc1c(Br)c(CN2CCC(C(=O)O)CC2)nc2c(-c3ccc(-c4ccccc4)nc3)cnn12. The van der Waals surface area contributed by atoms with Crippen molar-refractivity contribution in [2.45, 2.75) is 19.4 Å². The maximum absolute atomic E-state index is 11.2. The zero-order valence-corrected chi connectivity index (χ0v) is 19.4. The van der Waals surface area contributed by atoms with E-state index >= 15 is 0 Å². The standard InChI is InChI=1S/C24H23BrN6O2/c25-21-20(14-30-10-8-16(9-11-30)24(32)33)29-23-18(13-28-31(23)22(21)26)17-6-7-19(27-12-17)15-4-2-1-3-5-15/h1-7,12-13,16H,8-11,14,26H2,(H,32,33). The minimum atomic E-state index is -0.713. The summed E-state index contributed by atoms with van der Waals surface area (Å²) in [5.41, 5.74) is 11.6. The van der Waals surface area contributed by atoms with Gasteiger partial charge in [-0.2, -0.15) is 9.61 Å². The molecule has 8 nitrogen and oxygen atoms in total. The first-order valence-corrected chi connectivity index (χ1v) is 11.6. The molecule has 0 radical (unpaired) electrons. The Bertz CT molecular complexity index is 1300. The van der Waals surface area contributed by atoms with Gasteiger partial charge in [-0.25, -0.2) is 4.98 Å². The van der Waals surface area contributed by atoms with Crippen LogP contribution in [0.1, 0.15) is 18.5 Å². The van der Waals surface area contributed by atoms with Gasteiger partial charge in [-0.15, -0.1) is 0 Å². The largest absolute Gasteiger partial charge is 0.481 e. The van der Waals surface area contributed by atoms with Crippen molar-refractivity contribution in [2.75, 3.05) is 18.8 Å². The van der Waals surface area contributed by atoms with Gasteiger partial charge in [0.05, 0.1) is 28.0 Å². The van der Waals surface area contributed by atoms with Crippen LogP contribution in [0, 0.1) is 5.92 Å². The number of hydrogen-bond donors (Lipinski definition) is 2. The summed E-state index contributed by atoms with van der Waals surface area (Å²) in [6.45, 7) is 2.02. The monoisotopic (exact) mass is 506 g/mol. The van der Waals surface area contributed by atoms with Crippen molar-refractivity contribution in [1.82, 2.24) is 24.5 Å². The molecule has 9 heteroatoms. The molecule has 0 unspecified atom stereocenters. The number of pyridine rings is 1. The Balaban J connectivity index is 1.44. The van der Waals surface area contributed by atoms with Crippen LogP contribution in [0.15, 0.2) is 59.3 Å². The molecule has 4 heterocycles. The molecule has 0 spiro atoms. The zero-order valence-electron chi connectivity index (χ0n) is 17.9. The number of aromatic nitrogens is 4. The molecule has 4 aromatic rings. The first-order chi connectivity index (χ1) is 16.0. The third-order valence-corrected chi connectivity index (χ3v) is 7.01. The number of hydrogen-bond acceptors (Lipinski definition) is 6. The number of aliphatic carboxylic acids is 1. The molecule has 5 rings (SSSR count). The number of fused-ring (bicyclic) bond motifs is 1. The number of benzene rings is 1. The number of anilines is 1. The van der Waals surface area contributed by atoms with Crippen LogP contribution in [-0.2, 0) is 11.3 Å². The van der Waals surface area contributed by atoms with Gasteiger partial charge in [0, 0.05) is 29.4 Å². The Labute approximate surface area is 199 Å². The van der Waals surface area contributed by atoms with E-state index in [1.165, 1.54) is 0 Å². The smallest absolute Gasteiger partial charge is 0.306 e. The summed E-state index contributed by atoms with van der Waals surface area (Å²) in [5, 5.41) is 13.7. The molecule has 0 bridgehead atoms. The number of nitrogens with zero attached hydrogens (tertiary/aromatic N) is 5. The van der Waals surface area contributed by atoms with Gasteiger partial charge in [0.25, 0.3) is 0 Å². The van der Waals surface area contributed by atoms with Gasteiger partial charge in [-0.1, -0.05) is 36.4 Å². The Hall–Kier alpha value is -3.30. The van der Waals surface area contributed by atoms with Gasteiger partial charge in [-0.3, -0.25) is 14.7 Å². The predicted octanol–water partition coefficient (Wildman–Crippen LogP) is 4.10. The number of rotatable bonds is 5. The minimum absolute atomic E-state index is 0.266. The summed E-state index contributed by atoms with van der Waals surface area (Å²) in [6, 6.07) is 14.0. The number of carboxylic acids is 1. The van der Waals surface area contributed by atoms with Crippen molar-refractivity contribution >= 4 is 33.4 Å². The van der Waals surface area contributed by atoms with Crippen molar-refractivity contribution in [3.63, 3.8) is 0 Å². The highest BCUT2D eigenvalue weighted by Crippen LogP contribution is 2.31. The number of likely N-dealkylation sites (tertiary alicyclic amines) is 1. The van der Waals surface area contributed by atoms with E-state index in [-0.39, 0.29) is 5.92 Å². The fourth-order valence-corrected chi connectivity index (χ4v) is 4.62. The summed E-state index contributed by atoms with van der Waals surface area (Å²) < 4.78 is 2.34. The van der Waals surface area contributed by atoms with Crippen LogP contribution in [0.25, 0.3) is 28.0 Å². The third-order valence-electron chi connectivity index (χ3n) is 6.15. The van der Waals surface area contributed by atoms with Crippen LogP contribution in [0.3, 0.4) is 0 Å². The Morgan fingerprint density at radius 3 is 2.52 bits per heavy atom. The fourth-order valence-electron chi connectivity index (χ4n) is 4.23. The minimum Gasteiger partial charge on any atom is -0.481 e. The molecule has 0 aliphatic carbocycles. The molecule has 168 valence electrons. The second-order valence-corrected chi connectivity index (χ2v) is 9.03. The van der Waals surface area contributed by atoms with Crippen LogP contribution in [0.4, 0.5) is 5.82 Å². The maximum Gasteiger partial charge on any atom is 0.306 e. The second-order valence-electron chi connectivity index (χ2n) is 8.24. The van der Waals surface area contributed by atoms with Gasteiger partial charge in [0.15, 0.2) is 5.65 Å². The number of halogens is 1. The van der Waals surface area contributed by atoms with Crippen LogP contribution in [0.5, 0.6) is 0 Å². The van der Waals surface area contributed by atoms with Crippen molar-refractivity contribution < 1.29 is 9.90 Å². The van der Waals surface area contributed by atoms with Crippen molar-refractivity contribution in [3.05, 3.63) is 65.0 Å². The number of nitrogens with two attached hydrogens (primary N) is 1. The molecule has 33 heavy (non-hydrogen) atoms. The normalized spacial score (nSPS) is 15.2. The van der Waals surface area contributed by atoms with E-state index in [9.17, 15) is 9.90 Å². The molecule has 0 atom stereocenters. The summed E-state index contributed by atoms with van der Waals surface area (Å²) in [5.74, 6) is -0.496. The van der Waals surface area contributed by atoms with Crippen LogP contribution in [-0.4, -0.2) is 48.6 Å². The maximum atomic E-state index is 11.2. The van der Waals surface area contributed by atoms with E-state index in [1.54, 1.807) is 10.7 Å². The molecule has 0 saturated carbocycles. The molecule has 1 aliphatic rings. The van der Waals surface area contributed by atoms with Crippen LogP contribution >= 0.6 is 15.9 Å². The lowest BCUT2D eigenvalue weighted by Gasteiger charge is -2.30. The van der Waals surface area contributed by atoms with Crippen LogP contribution < -0.4 is 5.73 Å². The first kappa shape index (κ1) is 21.5. The lowest BCUT2D eigenvalue weighted by atomic mass is 9.97. The average Bonchev–Trinajstić information content (AvgIpc) is 3.27. The number of nitrogen functional groups attached to an aromatic ring is 1. The molecular weight excluding hydrogens is 484 g/mol. The highest BCUT2D eigenvalue weighted by Gasteiger charge is 2.26. The molecule has 1 saturated heterocycles. The van der Waals surface area contributed by atoms with E-state index in [4.69, 9.17) is 10.7 Å². The predicted molar refractivity (Wildman–Crippen MR) is 129 cm³/mol. The molecule has 1 aliphatic heterocycles. The summed E-state index contributed by atoms with van der Waals surface area (Å²) >= 11 is 3.58. The highest BCUT2D eigenvalue weighted by atomic mass is 79.9. The van der Waals surface area contributed by atoms with E-state index in [0.717, 1.165) is 28.1 Å². The number of carbonyl (C=O) groups is 1. The Morgan fingerprint density at radius 2 is 1.85 bits per heavy atom. The fraction of sp³-hybridized carbons (Fsp3) is 0.250. The second kappa shape index (κ2) is 8.92. The van der Waals surface area contributed by atoms with Crippen LogP contribution in [0.2, 0.25) is 0 Å². The van der Waals surface area contributed by atoms with Crippen molar-refractivity contribution in [2.24, 2.45) is 5.92 Å². The van der Waals surface area contributed by atoms with E-state index in [0.29, 0.717) is 48.4 Å². The summed E-state index contributed by atoms with van der Waals surface area (Å²) in [4.78, 5) is 23.0. The molecule has 1 aromatic carbocycles. The van der Waals surface area contributed by atoms with Gasteiger partial charge in [-0.05, 0) is 47.9 Å². The van der Waals surface area contributed by atoms with Gasteiger partial charge < -0.3 is 10.8 Å². The topological polar surface area (TPSA) is 110 Å². The van der Waals surface area contributed by atoms with Gasteiger partial charge in [0.2, 0.25) is 0 Å². The molecular formula is C24H23BrN6O2. The third kappa shape index (κ3) is 4.21. The molecule has 1 fully saturated rings. The lowest BCUT2D eigenvalue weighted by Crippen LogP contribution is -2.36. The Kier molecular flexibility index (Phi) is 5.82. The zero-order chi connectivity index (χ0) is 22.9.